The summed E-state index contributed by atoms with van der Waals surface area (Å²) in [5.41, 5.74) is 2.33. The van der Waals surface area contributed by atoms with Crippen LogP contribution in [0.15, 0.2) is 48.5 Å². The Morgan fingerprint density at radius 1 is 0.966 bits per heavy atom. The smallest absolute Gasteiger partial charge is 0.320 e. The molecule has 3 rings (SSSR count). The van der Waals surface area contributed by atoms with Gasteiger partial charge in [0.15, 0.2) is 6.23 Å². The van der Waals surface area contributed by atoms with Crippen LogP contribution in [0.2, 0.25) is 0 Å². The Morgan fingerprint density at radius 3 is 2.24 bits per heavy atom. The number of hydrogen-bond acceptors (Lipinski definition) is 4. The van der Waals surface area contributed by atoms with Crippen molar-refractivity contribution in [1.82, 2.24) is 10.2 Å². The Hall–Kier alpha value is -2.89. The van der Waals surface area contributed by atoms with Gasteiger partial charge in [0.05, 0.1) is 12.8 Å². The summed E-state index contributed by atoms with van der Waals surface area (Å²) >= 11 is 0. The Balaban J connectivity index is 1.49. The molecule has 0 radical (unpaired) electrons. The Morgan fingerprint density at radius 2 is 1.62 bits per heavy atom. The minimum atomic E-state index is -0.403. The Bertz CT molecular complexity index is 799. The molecule has 6 heteroatoms. The average Bonchev–Trinajstić information content (AvgIpc) is 2.74. The number of rotatable bonds is 6. The summed E-state index contributed by atoms with van der Waals surface area (Å²) in [7, 11) is 1.68. The number of amides is 2. The standard InChI is InChI=1S/C23H31N3O3/c1-17(2)19-9-11-20(12-10-19)29-18(3)24-23(27)26-15-13-25(14-16-26)21-7-5-6-8-22(21)28-4/h5-12,17-18H,13-16H2,1-4H3,(H,24,27). The van der Waals surface area contributed by atoms with Crippen molar-refractivity contribution in [2.24, 2.45) is 0 Å². The van der Waals surface area contributed by atoms with E-state index >= 15 is 0 Å². The van der Waals surface area contributed by atoms with E-state index in [-0.39, 0.29) is 6.03 Å². The number of carbonyl (C=O) groups excluding carboxylic acids is 1. The minimum Gasteiger partial charge on any atom is -0.495 e. The van der Waals surface area contributed by atoms with Crippen LogP contribution in [0.4, 0.5) is 10.5 Å². The van der Waals surface area contributed by atoms with Gasteiger partial charge in [0, 0.05) is 26.2 Å². The number of nitrogens with zero attached hydrogens (tertiary/aromatic N) is 2. The number of carbonyl (C=O) groups is 1. The van der Waals surface area contributed by atoms with E-state index in [1.54, 1.807) is 7.11 Å². The molecule has 0 aliphatic carbocycles. The normalized spacial score (nSPS) is 15.2. The van der Waals surface area contributed by atoms with E-state index in [1.165, 1.54) is 5.56 Å². The van der Waals surface area contributed by atoms with Crippen LogP contribution in [0, 0.1) is 0 Å². The van der Waals surface area contributed by atoms with Crippen molar-refractivity contribution < 1.29 is 14.3 Å². The lowest BCUT2D eigenvalue weighted by molar-refractivity contribution is 0.151. The number of methoxy groups -OCH3 is 1. The van der Waals surface area contributed by atoms with Gasteiger partial charge in [-0.25, -0.2) is 4.79 Å². The molecular weight excluding hydrogens is 366 g/mol. The number of ether oxygens (including phenoxy) is 2. The highest BCUT2D eigenvalue weighted by Crippen LogP contribution is 2.28. The molecule has 2 aromatic rings. The van der Waals surface area contributed by atoms with E-state index in [2.05, 4.69) is 42.3 Å². The maximum absolute atomic E-state index is 12.6. The van der Waals surface area contributed by atoms with E-state index in [9.17, 15) is 4.79 Å². The maximum atomic E-state index is 12.6. The van der Waals surface area contributed by atoms with Crippen LogP contribution in [0.5, 0.6) is 11.5 Å². The minimum absolute atomic E-state index is 0.101. The largest absolute Gasteiger partial charge is 0.495 e. The van der Waals surface area contributed by atoms with Crippen LogP contribution >= 0.6 is 0 Å². The first-order valence-corrected chi connectivity index (χ1v) is 10.2. The molecule has 29 heavy (non-hydrogen) atoms. The molecule has 2 aromatic carbocycles. The molecular formula is C23H31N3O3. The second-order valence-electron chi connectivity index (χ2n) is 7.58. The third kappa shape index (κ3) is 5.34. The van der Waals surface area contributed by atoms with E-state index < -0.39 is 6.23 Å². The van der Waals surface area contributed by atoms with E-state index in [0.29, 0.717) is 19.0 Å². The molecule has 0 saturated carbocycles. The van der Waals surface area contributed by atoms with Crippen molar-refractivity contribution in [3.05, 3.63) is 54.1 Å². The molecule has 0 bridgehead atoms. The highest BCUT2D eigenvalue weighted by molar-refractivity contribution is 5.75. The third-order valence-electron chi connectivity index (χ3n) is 5.18. The van der Waals surface area contributed by atoms with Crippen molar-refractivity contribution in [3.8, 4) is 11.5 Å². The number of benzene rings is 2. The fourth-order valence-electron chi connectivity index (χ4n) is 3.47. The molecule has 6 nitrogen and oxygen atoms in total. The van der Waals surface area contributed by atoms with Crippen LogP contribution < -0.4 is 19.7 Å². The molecule has 1 fully saturated rings. The van der Waals surface area contributed by atoms with Gasteiger partial charge in [0.1, 0.15) is 11.5 Å². The quantitative estimate of drug-likeness (QED) is 0.747. The summed E-state index contributed by atoms with van der Waals surface area (Å²) in [6, 6.07) is 15.9. The lowest BCUT2D eigenvalue weighted by Gasteiger charge is -2.37. The van der Waals surface area contributed by atoms with Crippen molar-refractivity contribution in [3.63, 3.8) is 0 Å². The first-order valence-electron chi connectivity index (χ1n) is 10.2. The van der Waals surface area contributed by atoms with E-state index in [4.69, 9.17) is 9.47 Å². The summed E-state index contributed by atoms with van der Waals surface area (Å²) < 4.78 is 11.3. The molecule has 1 aliphatic rings. The molecule has 1 unspecified atom stereocenters. The first-order chi connectivity index (χ1) is 14.0. The molecule has 0 spiro atoms. The maximum Gasteiger partial charge on any atom is 0.320 e. The number of nitrogens with one attached hydrogen (secondary N) is 1. The Kier molecular flexibility index (Phi) is 6.86. The number of para-hydroxylation sites is 2. The van der Waals surface area contributed by atoms with Gasteiger partial charge in [-0.3, -0.25) is 0 Å². The second-order valence-corrected chi connectivity index (χ2v) is 7.58. The van der Waals surface area contributed by atoms with Crippen molar-refractivity contribution >= 4 is 11.7 Å². The monoisotopic (exact) mass is 397 g/mol. The predicted molar refractivity (Wildman–Crippen MR) is 116 cm³/mol. The summed E-state index contributed by atoms with van der Waals surface area (Å²) in [6.07, 6.45) is -0.403. The number of piperazine rings is 1. The molecule has 1 aliphatic heterocycles. The molecule has 1 atom stereocenters. The second kappa shape index (κ2) is 9.54. The lowest BCUT2D eigenvalue weighted by Crippen LogP contribution is -2.54. The van der Waals surface area contributed by atoms with Gasteiger partial charge in [0.2, 0.25) is 0 Å². The fraction of sp³-hybridized carbons (Fsp3) is 0.435. The van der Waals surface area contributed by atoms with E-state index in [0.717, 1.165) is 30.3 Å². The average molecular weight is 398 g/mol. The van der Waals surface area contributed by atoms with Gasteiger partial charge < -0.3 is 24.6 Å². The van der Waals surface area contributed by atoms with Gasteiger partial charge in [-0.2, -0.15) is 0 Å². The summed E-state index contributed by atoms with van der Waals surface area (Å²) in [4.78, 5) is 16.7. The van der Waals surface area contributed by atoms with Crippen LogP contribution in [0.3, 0.4) is 0 Å². The molecule has 0 aromatic heterocycles. The Labute approximate surface area is 173 Å². The molecule has 1 saturated heterocycles. The van der Waals surface area contributed by atoms with Crippen LogP contribution in [-0.2, 0) is 0 Å². The lowest BCUT2D eigenvalue weighted by atomic mass is 10.0. The van der Waals surface area contributed by atoms with Gasteiger partial charge in [-0.1, -0.05) is 38.1 Å². The van der Waals surface area contributed by atoms with Crippen LogP contribution in [-0.4, -0.2) is 50.4 Å². The van der Waals surface area contributed by atoms with Gasteiger partial charge in [-0.05, 0) is 42.7 Å². The number of hydrogen-bond donors (Lipinski definition) is 1. The van der Waals surface area contributed by atoms with Crippen molar-refractivity contribution in [1.29, 1.82) is 0 Å². The fourth-order valence-corrected chi connectivity index (χ4v) is 3.47. The third-order valence-corrected chi connectivity index (χ3v) is 5.18. The zero-order valence-corrected chi connectivity index (χ0v) is 17.7. The van der Waals surface area contributed by atoms with Crippen LogP contribution in [0.25, 0.3) is 0 Å². The van der Waals surface area contributed by atoms with E-state index in [1.807, 2.05) is 42.2 Å². The molecule has 2 amide bonds. The summed E-state index contributed by atoms with van der Waals surface area (Å²) in [6.45, 7) is 9.00. The number of anilines is 1. The molecule has 1 N–H and O–H groups in total. The van der Waals surface area contributed by atoms with Gasteiger partial charge >= 0.3 is 6.03 Å². The van der Waals surface area contributed by atoms with Crippen molar-refractivity contribution in [2.45, 2.75) is 32.9 Å². The van der Waals surface area contributed by atoms with Crippen LogP contribution in [0.1, 0.15) is 32.3 Å². The molecule has 156 valence electrons. The van der Waals surface area contributed by atoms with Crippen molar-refractivity contribution in [2.75, 3.05) is 38.2 Å². The SMILES string of the molecule is COc1ccccc1N1CCN(C(=O)NC(C)Oc2ccc(C(C)C)cc2)CC1. The first kappa shape index (κ1) is 20.8. The van der Waals surface area contributed by atoms with Gasteiger partial charge in [0.25, 0.3) is 0 Å². The highest BCUT2D eigenvalue weighted by atomic mass is 16.5. The predicted octanol–water partition coefficient (Wildman–Crippen LogP) is 4.08. The highest BCUT2D eigenvalue weighted by Gasteiger charge is 2.23. The van der Waals surface area contributed by atoms with Gasteiger partial charge in [-0.15, -0.1) is 0 Å². The summed E-state index contributed by atoms with van der Waals surface area (Å²) in [5, 5.41) is 2.93. The number of urea groups is 1. The zero-order chi connectivity index (χ0) is 20.8. The molecule has 1 heterocycles. The topological polar surface area (TPSA) is 54.0 Å². The zero-order valence-electron chi connectivity index (χ0n) is 17.7. The summed E-state index contributed by atoms with van der Waals surface area (Å²) in [5.74, 6) is 2.09.